The summed E-state index contributed by atoms with van der Waals surface area (Å²) in [6.07, 6.45) is 4.14. The van der Waals surface area contributed by atoms with Gasteiger partial charge in [0.2, 0.25) is 5.91 Å². The lowest BCUT2D eigenvalue weighted by Gasteiger charge is -2.27. The van der Waals surface area contributed by atoms with E-state index >= 15 is 0 Å². The monoisotopic (exact) mass is 309 g/mol. The van der Waals surface area contributed by atoms with Crippen LogP contribution in [0.5, 0.6) is 0 Å². The number of hydrogen-bond acceptors (Lipinski definition) is 4. The van der Waals surface area contributed by atoms with Crippen LogP contribution in [0.3, 0.4) is 0 Å². The van der Waals surface area contributed by atoms with Crippen molar-refractivity contribution in [1.82, 2.24) is 5.32 Å². The standard InChI is InChI=1S/C16H23NO3S/c1-11-9-13(12(2)21-11)14(19)5-6-15(20)17-16(10-18)7-3-4-8-16/h9,18H,3-8,10H2,1-2H3,(H,17,20). The summed E-state index contributed by atoms with van der Waals surface area (Å²) in [4.78, 5) is 26.3. The fourth-order valence-corrected chi connectivity index (χ4v) is 3.94. The highest BCUT2D eigenvalue weighted by Crippen LogP contribution is 2.29. The second-order valence-electron chi connectivity index (χ2n) is 5.94. The maximum absolute atomic E-state index is 12.1. The molecule has 0 aromatic carbocycles. The van der Waals surface area contributed by atoms with Crippen molar-refractivity contribution in [3.63, 3.8) is 0 Å². The summed E-state index contributed by atoms with van der Waals surface area (Å²) in [6.45, 7) is 3.89. The molecule has 2 N–H and O–H groups in total. The van der Waals surface area contributed by atoms with Gasteiger partial charge >= 0.3 is 0 Å². The van der Waals surface area contributed by atoms with Crippen molar-refractivity contribution in [1.29, 1.82) is 0 Å². The first kappa shape index (κ1) is 16.2. The number of nitrogens with one attached hydrogen (secondary N) is 1. The van der Waals surface area contributed by atoms with Gasteiger partial charge in [-0.15, -0.1) is 11.3 Å². The molecule has 1 fully saturated rings. The lowest BCUT2D eigenvalue weighted by molar-refractivity contribution is -0.123. The number of Topliss-reactive ketones (excluding diaryl/α,β-unsaturated/α-hetero) is 1. The molecule has 1 heterocycles. The van der Waals surface area contributed by atoms with E-state index in [0.29, 0.717) is 0 Å². The van der Waals surface area contributed by atoms with Crippen molar-refractivity contribution in [2.24, 2.45) is 0 Å². The molecule has 0 bridgehead atoms. The minimum Gasteiger partial charge on any atom is -0.394 e. The van der Waals surface area contributed by atoms with Gasteiger partial charge in [0.05, 0.1) is 12.1 Å². The summed E-state index contributed by atoms with van der Waals surface area (Å²) >= 11 is 1.61. The van der Waals surface area contributed by atoms with Crippen LogP contribution in [-0.2, 0) is 4.79 Å². The number of hydrogen-bond donors (Lipinski definition) is 2. The molecule has 4 nitrogen and oxygen atoms in total. The van der Waals surface area contributed by atoms with Gasteiger partial charge < -0.3 is 10.4 Å². The fourth-order valence-electron chi connectivity index (χ4n) is 3.00. The predicted molar refractivity (Wildman–Crippen MR) is 83.8 cm³/mol. The third-order valence-corrected chi connectivity index (χ3v) is 5.15. The topological polar surface area (TPSA) is 66.4 Å². The second-order valence-corrected chi connectivity index (χ2v) is 7.40. The molecule has 0 spiro atoms. The molecule has 0 aliphatic heterocycles. The van der Waals surface area contributed by atoms with Gasteiger partial charge in [0, 0.05) is 28.2 Å². The zero-order chi connectivity index (χ0) is 15.5. The van der Waals surface area contributed by atoms with Crippen LogP contribution in [0.4, 0.5) is 0 Å². The van der Waals surface area contributed by atoms with Crippen molar-refractivity contribution >= 4 is 23.0 Å². The molecule has 1 aromatic heterocycles. The molecule has 0 unspecified atom stereocenters. The summed E-state index contributed by atoms with van der Waals surface area (Å²) in [5.74, 6) is -0.111. The molecule has 2 rings (SSSR count). The lowest BCUT2D eigenvalue weighted by Crippen LogP contribution is -2.49. The van der Waals surface area contributed by atoms with Crippen LogP contribution < -0.4 is 5.32 Å². The average molecular weight is 309 g/mol. The molecule has 116 valence electrons. The molecular formula is C16H23NO3S. The van der Waals surface area contributed by atoms with E-state index in [4.69, 9.17) is 0 Å². The Kier molecular flexibility index (Phi) is 5.17. The van der Waals surface area contributed by atoms with E-state index in [1.54, 1.807) is 11.3 Å². The number of amides is 1. The lowest BCUT2D eigenvalue weighted by atomic mass is 9.98. The summed E-state index contributed by atoms with van der Waals surface area (Å²) in [5, 5.41) is 12.4. The molecule has 1 amide bonds. The first-order chi connectivity index (χ1) is 9.96. The Morgan fingerprint density at radius 3 is 2.48 bits per heavy atom. The van der Waals surface area contributed by atoms with Gasteiger partial charge in [-0.2, -0.15) is 0 Å². The van der Waals surface area contributed by atoms with Gasteiger partial charge in [-0.25, -0.2) is 0 Å². The van der Waals surface area contributed by atoms with Crippen LogP contribution in [0.1, 0.15) is 58.6 Å². The molecule has 1 saturated carbocycles. The Labute approximate surface area is 129 Å². The van der Waals surface area contributed by atoms with Crippen molar-refractivity contribution in [2.75, 3.05) is 6.61 Å². The first-order valence-corrected chi connectivity index (χ1v) is 8.29. The van der Waals surface area contributed by atoms with Crippen molar-refractivity contribution in [3.05, 3.63) is 21.4 Å². The Morgan fingerprint density at radius 2 is 1.95 bits per heavy atom. The number of aliphatic hydroxyl groups excluding tert-OH is 1. The molecule has 1 aromatic rings. The number of thiophene rings is 1. The van der Waals surface area contributed by atoms with Crippen LogP contribution >= 0.6 is 11.3 Å². The number of carbonyl (C=O) groups excluding carboxylic acids is 2. The molecule has 21 heavy (non-hydrogen) atoms. The van der Waals surface area contributed by atoms with E-state index in [1.165, 1.54) is 0 Å². The maximum atomic E-state index is 12.1. The van der Waals surface area contributed by atoms with Gasteiger partial charge in [-0.05, 0) is 32.8 Å². The molecule has 5 heteroatoms. The molecule has 1 aliphatic carbocycles. The number of ketones is 1. The Hall–Kier alpha value is -1.20. The highest BCUT2D eigenvalue weighted by Gasteiger charge is 2.34. The molecular weight excluding hydrogens is 286 g/mol. The van der Waals surface area contributed by atoms with Crippen LogP contribution in [-0.4, -0.2) is 28.9 Å². The van der Waals surface area contributed by atoms with Gasteiger partial charge in [0.15, 0.2) is 5.78 Å². The SMILES string of the molecule is Cc1cc(C(=O)CCC(=O)NC2(CO)CCCC2)c(C)s1. The minimum absolute atomic E-state index is 0.0183. The zero-order valence-electron chi connectivity index (χ0n) is 12.7. The van der Waals surface area contributed by atoms with Gasteiger partial charge in [0.25, 0.3) is 0 Å². The minimum atomic E-state index is -0.449. The zero-order valence-corrected chi connectivity index (χ0v) is 13.5. The number of rotatable bonds is 6. The Bertz CT molecular complexity index is 530. The van der Waals surface area contributed by atoms with Gasteiger partial charge in [-0.1, -0.05) is 12.8 Å². The summed E-state index contributed by atoms with van der Waals surface area (Å²) in [5.41, 5.74) is 0.290. The smallest absolute Gasteiger partial charge is 0.220 e. The maximum Gasteiger partial charge on any atom is 0.220 e. The van der Waals surface area contributed by atoms with Crippen molar-refractivity contribution in [3.8, 4) is 0 Å². The number of aliphatic hydroxyl groups is 1. The van der Waals surface area contributed by atoms with E-state index in [2.05, 4.69) is 5.32 Å². The first-order valence-electron chi connectivity index (χ1n) is 7.48. The van der Waals surface area contributed by atoms with E-state index in [1.807, 2.05) is 19.9 Å². The number of aryl methyl sites for hydroxylation is 2. The van der Waals surface area contributed by atoms with Crippen LogP contribution in [0.25, 0.3) is 0 Å². The Balaban J connectivity index is 1.86. The molecule has 1 aliphatic rings. The Morgan fingerprint density at radius 1 is 1.29 bits per heavy atom. The van der Waals surface area contributed by atoms with Crippen LogP contribution in [0.15, 0.2) is 6.07 Å². The second kappa shape index (κ2) is 6.71. The fraction of sp³-hybridized carbons (Fsp3) is 0.625. The van der Waals surface area contributed by atoms with E-state index in [-0.39, 0.29) is 31.1 Å². The normalized spacial score (nSPS) is 16.9. The van der Waals surface area contributed by atoms with Crippen molar-refractivity contribution < 1.29 is 14.7 Å². The summed E-state index contributed by atoms with van der Waals surface area (Å²) in [6, 6.07) is 1.90. The summed E-state index contributed by atoms with van der Waals surface area (Å²) in [7, 11) is 0. The molecule has 0 saturated heterocycles. The molecule has 0 atom stereocenters. The van der Waals surface area contributed by atoms with E-state index in [0.717, 1.165) is 41.0 Å². The van der Waals surface area contributed by atoms with Crippen molar-refractivity contribution in [2.45, 2.75) is 57.9 Å². The predicted octanol–water partition coefficient (Wildman–Crippen LogP) is 2.75. The highest BCUT2D eigenvalue weighted by molar-refractivity contribution is 7.12. The van der Waals surface area contributed by atoms with Crippen LogP contribution in [0.2, 0.25) is 0 Å². The molecule has 0 radical (unpaired) electrons. The third kappa shape index (κ3) is 3.92. The largest absolute Gasteiger partial charge is 0.394 e. The van der Waals surface area contributed by atoms with Crippen LogP contribution in [0, 0.1) is 13.8 Å². The highest BCUT2D eigenvalue weighted by atomic mass is 32.1. The summed E-state index contributed by atoms with van der Waals surface area (Å²) < 4.78 is 0. The van der Waals surface area contributed by atoms with E-state index < -0.39 is 5.54 Å². The average Bonchev–Trinajstić information content (AvgIpc) is 3.03. The number of carbonyl (C=O) groups is 2. The third-order valence-electron chi connectivity index (χ3n) is 4.19. The van der Waals surface area contributed by atoms with E-state index in [9.17, 15) is 14.7 Å². The quantitative estimate of drug-likeness (QED) is 0.794. The van der Waals surface area contributed by atoms with Gasteiger partial charge in [-0.3, -0.25) is 9.59 Å². The van der Waals surface area contributed by atoms with Gasteiger partial charge in [0.1, 0.15) is 0 Å².